The van der Waals surface area contributed by atoms with Gasteiger partial charge in [0.2, 0.25) is 0 Å². The average molecular weight is 293 g/mol. The van der Waals surface area contributed by atoms with Crippen molar-refractivity contribution >= 4 is 0 Å². The molecule has 0 aromatic carbocycles. The van der Waals surface area contributed by atoms with E-state index in [0.29, 0.717) is 12.6 Å². The van der Waals surface area contributed by atoms with Crippen LogP contribution in [0.25, 0.3) is 0 Å². The summed E-state index contributed by atoms with van der Waals surface area (Å²) in [7, 11) is 0. The van der Waals surface area contributed by atoms with Crippen LogP contribution in [-0.4, -0.2) is 39.0 Å². The predicted octanol–water partition coefficient (Wildman–Crippen LogP) is 2.89. The van der Waals surface area contributed by atoms with Crippen molar-refractivity contribution in [1.82, 2.24) is 14.7 Å². The minimum Gasteiger partial charge on any atom is -0.394 e. The van der Waals surface area contributed by atoms with E-state index in [1.165, 1.54) is 43.5 Å². The molecule has 0 bridgehead atoms. The van der Waals surface area contributed by atoms with Gasteiger partial charge in [0, 0.05) is 23.8 Å². The summed E-state index contributed by atoms with van der Waals surface area (Å²) in [6.45, 7) is 11.9. The normalized spacial score (nSPS) is 23.7. The molecule has 0 amide bonds. The predicted molar refractivity (Wildman–Crippen MR) is 86.3 cm³/mol. The number of aromatic nitrogens is 2. The van der Waals surface area contributed by atoms with Crippen LogP contribution in [-0.2, 0) is 13.1 Å². The molecule has 1 aliphatic rings. The lowest BCUT2D eigenvalue weighted by Crippen LogP contribution is -2.43. The van der Waals surface area contributed by atoms with Crippen LogP contribution in [0, 0.1) is 19.8 Å². The van der Waals surface area contributed by atoms with Gasteiger partial charge in [-0.25, -0.2) is 0 Å². The van der Waals surface area contributed by atoms with Crippen molar-refractivity contribution in [3.8, 4) is 0 Å². The topological polar surface area (TPSA) is 41.3 Å². The van der Waals surface area contributed by atoms with E-state index in [1.54, 1.807) is 0 Å². The molecule has 1 aromatic rings. The largest absolute Gasteiger partial charge is 0.394 e. The Bertz CT molecular complexity index is 455. The van der Waals surface area contributed by atoms with Crippen molar-refractivity contribution in [2.75, 3.05) is 13.2 Å². The Labute approximate surface area is 129 Å². The van der Waals surface area contributed by atoms with Crippen molar-refractivity contribution in [3.63, 3.8) is 0 Å². The smallest absolute Gasteiger partial charge is 0.0644 e. The van der Waals surface area contributed by atoms with E-state index in [9.17, 15) is 0 Å². The van der Waals surface area contributed by atoms with Gasteiger partial charge in [-0.1, -0.05) is 20.3 Å². The zero-order chi connectivity index (χ0) is 15.4. The van der Waals surface area contributed by atoms with Crippen molar-refractivity contribution in [1.29, 1.82) is 0 Å². The maximum Gasteiger partial charge on any atom is 0.0644 e. The molecule has 1 aromatic heterocycles. The maximum atomic E-state index is 9.14. The molecular formula is C17H31N3O. The number of aryl methyl sites for hydroxylation is 1. The van der Waals surface area contributed by atoms with Crippen LogP contribution >= 0.6 is 0 Å². The molecule has 0 spiro atoms. The summed E-state index contributed by atoms with van der Waals surface area (Å²) in [6, 6.07) is 0.712. The molecule has 4 heteroatoms. The van der Waals surface area contributed by atoms with Gasteiger partial charge in [0.15, 0.2) is 0 Å². The van der Waals surface area contributed by atoms with Crippen molar-refractivity contribution in [3.05, 3.63) is 17.0 Å². The van der Waals surface area contributed by atoms with Gasteiger partial charge in [0.1, 0.15) is 0 Å². The maximum absolute atomic E-state index is 9.14. The zero-order valence-electron chi connectivity index (χ0n) is 14.1. The van der Waals surface area contributed by atoms with Gasteiger partial charge in [-0.15, -0.1) is 0 Å². The second kappa shape index (κ2) is 7.41. The lowest BCUT2D eigenvalue weighted by Gasteiger charge is -2.40. The molecule has 2 atom stereocenters. The van der Waals surface area contributed by atoms with Gasteiger partial charge >= 0.3 is 0 Å². The van der Waals surface area contributed by atoms with Crippen LogP contribution < -0.4 is 0 Å². The average Bonchev–Trinajstić information content (AvgIpc) is 2.71. The second-order valence-electron chi connectivity index (χ2n) is 6.54. The SMILES string of the molecule is CCCC1C(C)CCCN1Cc1c(C)nn(CCO)c1C. The van der Waals surface area contributed by atoms with E-state index >= 15 is 0 Å². The zero-order valence-corrected chi connectivity index (χ0v) is 14.1. The number of piperidine rings is 1. The molecule has 0 saturated carbocycles. The highest BCUT2D eigenvalue weighted by atomic mass is 16.3. The number of aliphatic hydroxyl groups is 1. The molecule has 0 aliphatic carbocycles. The summed E-state index contributed by atoms with van der Waals surface area (Å²) < 4.78 is 1.95. The third-order valence-corrected chi connectivity index (χ3v) is 5.02. The Morgan fingerprint density at radius 2 is 2.10 bits per heavy atom. The highest BCUT2D eigenvalue weighted by molar-refractivity contribution is 5.24. The number of rotatable bonds is 6. The molecule has 1 saturated heterocycles. The van der Waals surface area contributed by atoms with Gasteiger partial charge in [0.25, 0.3) is 0 Å². The first kappa shape index (κ1) is 16.5. The summed E-state index contributed by atoms with van der Waals surface area (Å²) in [6.07, 6.45) is 5.23. The molecule has 0 radical (unpaired) electrons. The third kappa shape index (κ3) is 3.67. The minimum absolute atomic E-state index is 0.153. The summed E-state index contributed by atoms with van der Waals surface area (Å²) in [5.41, 5.74) is 3.70. The van der Waals surface area contributed by atoms with Gasteiger partial charge in [-0.3, -0.25) is 9.58 Å². The van der Waals surface area contributed by atoms with Crippen molar-refractivity contribution < 1.29 is 5.11 Å². The van der Waals surface area contributed by atoms with E-state index in [1.807, 2.05) is 4.68 Å². The number of hydrogen-bond donors (Lipinski definition) is 1. The Morgan fingerprint density at radius 1 is 1.33 bits per heavy atom. The standard InChI is InChI=1S/C17H31N3O/c1-5-7-17-13(2)8-6-9-19(17)12-16-14(3)18-20(10-11-21)15(16)4/h13,17,21H,5-12H2,1-4H3. The van der Waals surface area contributed by atoms with Gasteiger partial charge in [0.05, 0.1) is 18.8 Å². The van der Waals surface area contributed by atoms with Gasteiger partial charge in [-0.2, -0.15) is 5.10 Å². The van der Waals surface area contributed by atoms with E-state index in [0.717, 1.165) is 18.2 Å². The van der Waals surface area contributed by atoms with Crippen molar-refractivity contribution in [2.24, 2.45) is 5.92 Å². The molecule has 1 aliphatic heterocycles. The van der Waals surface area contributed by atoms with Crippen LogP contribution in [0.15, 0.2) is 0 Å². The second-order valence-corrected chi connectivity index (χ2v) is 6.54. The molecule has 4 nitrogen and oxygen atoms in total. The fraction of sp³-hybridized carbons (Fsp3) is 0.824. The Hall–Kier alpha value is -0.870. The highest BCUT2D eigenvalue weighted by Gasteiger charge is 2.28. The van der Waals surface area contributed by atoms with Gasteiger partial charge in [-0.05, 0) is 45.6 Å². The van der Waals surface area contributed by atoms with E-state index in [-0.39, 0.29) is 6.61 Å². The van der Waals surface area contributed by atoms with Crippen LogP contribution in [0.1, 0.15) is 56.5 Å². The third-order valence-electron chi connectivity index (χ3n) is 5.02. The Balaban J connectivity index is 2.15. The highest BCUT2D eigenvalue weighted by Crippen LogP contribution is 2.29. The summed E-state index contributed by atoms with van der Waals surface area (Å²) in [5.74, 6) is 0.798. The first-order valence-electron chi connectivity index (χ1n) is 8.46. The molecule has 2 unspecified atom stereocenters. The number of nitrogens with zero attached hydrogens (tertiary/aromatic N) is 3. The lowest BCUT2D eigenvalue weighted by molar-refractivity contribution is 0.0859. The summed E-state index contributed by atoms with van der Waals surface area (Å²) in [5, 5.41) is 13.7. The Kier molecular flexibility index (Phi) is 5.82. The minimum atomic E-state index is 0.153. The molecular weight excluding hydrogens is 262 g/mol. The molecule has 2 rings (SSSR count). The van der Waals surface area contributed by atoms with Crippen LogP contribution in [0.2, 0.25) is 0 Å². The molecule has 21 heavy (non-hydrogen) atoms. The molecule has 1 fully saturated rings. The van der Waals surface area contributed by atoms with E-state index < -0.39 is 0 Å². The summed E-state index contributed by atoms with van der Waals surface area (Å²) in [4.78, 5) is 2.66. The first-order valence-corrected chi connectivity index (χ1v) is 8.46. The molecule has 1 N–H and O–H groups in total. The van der Waals surface area contributed by atoms with Crippen molar-refractivity contribution in [2.45, 2.75) is 72.5 Å². The molecule has 2 heterocycles. The first-order chi connectivity index (χ1) is 10.1. The number of likely N-dealkylation sites (tertiary alicyclic amines) is 1. The van der Waals surface area contributed by atoms with Crippen LogP contribution in [0.5, 0.6) is 0 Å². The monoisotopic (exact) mass is 293 g/mol. The molecule has 120 valence electrons. The Morgan fingerprint density at radius 3 is 2.76 bits per heavy atom. The fourth-order valence-corrected chi connectivity index (χ4v) is 3.77. The van der Waals surface area contributed by atoms with Crippen LogP contribution in [0.4, 0.5) is 0 Å². The lowest BCUT2D eigenvalue weighted by atomic mass is 9.87. The van der Waals surface area contributed by atoms with E-state index in [2.05, 4.69) is 37.7 Å². The fourth-order valence-electron chi connectivity index (χ4n) is 3.77. The van der Waals surface area contributed by atoms with Gasteiger partial charge < -0.3 is 5.11 Å². The quantitative estimate of drug-likeness (QED) is 0.877. The number of aliphatic hydroxyl groups excluding tert-OH is 1. The number of hydrogen-bond acceptors (Lipinski definition) is 3. The summed E-state index contributed by atoms with van der Waals surface area (Å²) >= 11 is 0. The van der Waals surface area contributed by atoms with Crippen LogP contribution in [0.3, 0.4) is 0 Å². The van der Waals surface area contributed by atoms with E-state index in [4.69, 9.17) is 5.11 Å².